The molecule has 0 unspecified atom stereocenters. The highest BCUT2D eigenvalue weighted by Gasteiger charge is 2.24. The number of halogens is 1. The van der Waals surface area contributed by atoms with Crippen molar-refractivity contribution in [3.05, 3.63) is 62.9 Å². The number of benzene rings is 1. The molecule has 0 atom stereocenters. The largest absolute Gasteiger partial charge is 0.401 e. The summed E-state index contributed by atoms with van der Waals surface area (Å²) in [5, 5.41) is 2.52. The van der Waals surface area contributed by atoms with Gasteiger partial charge in [-0.05, 0) is 35.2 Å². The van der Waals surface area contributed by atoms with Crippen LogP contribution in [0.3, 0.4) is 0 Å². The average molecular weight is 290 g/mol. The highest BCUT2D eigenvalue weighted by Crippen LogP contribution is 2.22. The Bertz CT molecular complexity index is 689. The number of hydrogen-bond acceptors (Lipinski definition) is 4. The van der Waals surface area contributed by atoms with E-state index in [4.69, 9.17) is 16.3 Å². The fourth-order valence-corrected chi connectivity index (χ4v) is 2.52. The Balaban J connectivity index is 1.95. The molecule has 2 aromatic rings. The molecule has 3 nitrogen and oxygen atoms in total. The van der Waals surface area contributed by atoms with Crippen LogP contribution in [0.25, 0.3) is 6.08 Å². The van der Waals surface area contributed by atoms with Gasteiger partial charge in [0.05, 0.1) is 4.88 Å². The molecule has 94 valence electrons. The maximum atomic E-state index is 11.7. The summed E-state index contributed by atoms with van der Waals surface area (Å²) in [5.74, 6) is -0.0864. The number of rotatable bonds is 2. The van der Waals surface area contributed by atoms with Crippen molar-refractivity contribution in [1.82, 2.24) is 0 Å². The molecule has 0 bridgehead atoms. The van der Waals surface area contributed by atoms with Gasteiger partial charge in [0.2, 0.25) is 5.90 Å². The molecule has 0 N–H and O–H groups in total. The molecule has 0 saturated carbocycles. The second-order valence-corrected chi connectivity index (χ2v) is 5.25. The lowest BCUT2D eigenvalue weighted by atomic mass is 10.2. The smallest absolute Gasteiger partial charge is 0.363 e. The minimum absolute atomic E-state index is 0.283. The Morgan fingerprint density at radius 1 is 1.26 bits per heavy atom. The van der Waals surface area contributed by atoms with Gasteiger partial charge in [0, 0.05) is 5.02 Å². The first kappa shape index (κ1) is 12.1. The van der Waals surface area contributed by atoms with E-state index in [1.54, 1.807) is 18.2 Å². The SMILES string of the molecule is O=C1OC(c2cccs2)=NC1=Cc1cccc(Cl)c1. The van der Waals surface area contributed by atoms with Crippen molar-refractivity contribution in [3.8, 4) is 0 Å². The third-order valence-electron chi connectivity index (χ3n) is 2.50. The second kappa shape index (κ2) is 4.99. The van der Waals surface area contributed by atoms with Crippen molar-refractivity contribution in [2.75, 3.05) is 0 Å². The lowest BCUT2D eigenvalue weighted by molar-refractivity contribution is -0.129. The Morgan fingerprint density at radius 3 is 2.89 bits per heavy atom. The van der Waals surface area contributed by atoms with Crippen LogP contribution in [0.2, 0.25) is 5.02 Å². The van der Waals surface area contributed by atoms with Crippen molar-refractivity contribution >= 4 is 40.9 Å². The standard InChI is InChI=1S/C14H8ClNO2S/c15-10-4-1-3-9(7-10)8-11-14(17)18-13(16-11)12-5-2-6-19-12/h1-8H. The fourth-order valence-electron chi connectivity index (χ4n) is 1.67. The van der Waals surface area contributed by atoms with E-state index in [9.17, 15) is 4.79 Å². The molecule has 1 aliphatic rings. The van der Waals surface area contributed by atoms with Crippen LogP contribution in [-0.2, 0) is 9.53 Å². The van der Waals surface area contributed by atoms with Crippen molar-refractivity contribution < 1.29 is 9.53 Å². The number of esters is 1. The first-order chi connectivity index (χ1) is 9.22. The van der Waals surface area contributed by atoms with Gasteiger partial charge >= 0.3 is 5.97 Å². The third-order valence-corrected chi connectivity index (χ3v) is 3.60. The molecule has 0 radical (unpaired) electrons. The maximum Gasteiger partial charge on any atom is 0.363 e. The highest BCUT2D eigenvalue weighted by molar-refractivity contribution is 7.12. The predicted octanol–water partition coefficient (Wildman–Crippen LogP) is 3.75. The van der Waals surface area contributed by atoms with E-state index in [0.717, 1.165) is 10.4 Å². The number of thiophene rings is 1. The predicted molar refractivity (Wildman–Crippen MR) is 76.4 cm³/mol. The van der Waals surface area contributed by atoms with Gasteiger partial charge in [-0.15, -0.1) is 11.3 Å². The van der Waals surface area contributed by atoms with E-state index >= 15 is 0 Å². The van der Waals surface area contributed by atoms with E-state index < -0.39 is 5.97 Å². The Hall–Kier alpha value is -1.91. The molecule has 0 aliphatic carbocycles. The van der Waals surface area contributed by atoms with Crippen molar-refractivity contribution in [2.45, 2.75) is 0 Å². The van der Waals surface area contributed by atoms with Crippen LogP contribution in [0.5, 0.6) is 0 Å². The van der Waals surface area contributed by atoms with Crippen LogP contribution in [0, 0.1) is 0 Å². The molecule has 1 aromatic heterocycles. The van der Waals surface area contributed by atoms with E-state index in [-0.39, 0.29) is 5.70 Å². The lowest BCUT2D eigenvalue weighted by Crippen LogP contribution is -2.03. The number of ether oxygens (including phenoxy) is 1. The van der Waals surface area contributed by atoms with E-state index in [2.05, 4.69) is 4.99 Å². The van der Waals surface area contributed by atoms with Crippen LogP contribution in [0.4, 0.5) is 0 Å². The zero-order valence-corrected chi connectivity index (χ0v) is 11.2. The van der Waals surface area contributed by atoms with Crippen LogP contribution < -0.4 is 0 Å². The summed E-state index contributed by atoms with van der Waals surface area (Å²) in [6, 6.07) is 11.0. The molecule has 5 heteroatoms. The lowest BCUT2D eigenvalue weighted by Gasteiger charge is -1.94. The molecule has 0 amide bonds. The van der Waals surface area contributed by atoms with Gasteiger partial charge in [0.25, 0.3) is 0 Å². The first-order valence-corrected chi connectivity index (χ1v) is 6.80. The van der Waals surface area contributed by atoms with E-state index in [1.165, 1.54) is 11.3 Å². The number of carbonyl (C=O) groups is 1. The van der Waals surface area contributed by atoms with Gasteiger partial charge in [-0.2, -0.15) is 0 Å². The van der Waals surface area contributed by atoms with Crippen molar-refractivity contribution in [3.63, 3.8) is 0 Å². The monoisotopic (exact) mass is 289 g/mol. The number of hydrogen-bond donors (Lipinski definition) is 0. The molecule has 1 aromatic carbocycles. The number of nitrogens with zero attached hydrogens (tertiary/aromatic N) is 1. The minimum atomic E-state index is -0.441. The summed E-state index contributed by atoms with van der Waals surface area (Å²) in [4.78, 5) is 16.8. The van der Waals surface area contributed by atoms with Crippen LogP contribution >= 0.6 is 22.9 Å². The molecular weight excluding hydrogens is 282 g/mol. The van der Waals surface area contributed by atoms with Gasteiger partial charge in [-0.1, -0.05) is 29.8 Å². The molecular formula is C14H8ClNO2S. The zero-order chi connectivity index (χ0) is 13.2. The van der Waals surface area contributed by atoms with Crippen LogP contribution in [0.15, 0.2) is 52.5 Å². The molecule has 0 spiro atoms. The zero-order valence-electron chi connectivity index (χ0n) is 9.67. The fraction of sp³-hybridized carbons (Fsp3) is 0. The van der Waals surface area contributed by atoms with Gasteiger partial charge < -0.3 is 4.74 Å². The van der Waals surface area contributed by atoms with Crippen molar-refractivity contribution in [2.24, 2.45) is 4.99 Å². The highest BCUT2D eigenvalue weighted by atomic mass is 35.5. The van der Waals surface area contributed by atoms with Gasteiger partial charge in [-0.3, -0.25) is 0 Å². The number of aliphatic imine (C=N–C) groups is 1. The molecule has 19 heavy (non-hydrogen) atoms. The quantitative estimate of drug-likeness (QED) is 0.624. The molecule has 2 heterocycles. The van der Waals surface area contributed by atoms with Crippen molar-refractivity contribution in [1.29, 1.82) is 0 Å². The van der Waals surface area contributed by atoms with Crippen LogP contribution in [-0.4, -0.2) is 11.9 Å². The number of cyclic esters (lactones) is 1. The topological polar surface area (TPSA) is 38.7 Å². The first-order valence-electron chi connectivity index (χ1n) is 5.54. The van der Waals surface area contributed by atoms with Gasteiger partial charge in [0.15, 0.2) is 5.70 Å². The molecule has 0 fully saturated rings. The summed E-state index contributed by atoms with van der Waals surface area (Å²) in [5.41, 5.74) is 1.10. The van der Waals surface area contributed by atoms with E-state index in [1.807, 2.05) is 29.6 Å². The Morgan fingerprint density at radius 2 is 2.16 bits per heavy atom. The van der Waals surface area contributed by atoms with Gasteiger partial charge in [0.1, 0.15) is 0 Å². The normalized spacial score (nSPS) is 16.6. The van der Waals surface area contributed by atoms with E-state index in [0.29, 0.717) is 10.9 Å². The number of carbonyl (C=O) groups excluding carboxylic acids is 1. The molecule has 1 aliphatic heterocycles. The summed E-state index contributed by atoms with van der Waals surface area (Å²) in [6.07, 6.45) is 1.66. The Labute approximate surface area is 118 Å². The molecule has 3 rings (SSSR count). The third kappa shape index (κ3) is 2.59. The minimum Gasteiger partial charge on any atom is -0.401 e. The summed E-state index contributed by atoms with van der Waals surface area (Å²) in [6.45, 7) is 0. The summed E-state index contributed by atoms with van der Waals surface area (Å²) in [7, 11) is 0. The maximum absolute atomic E-state index is 11.7. The molecule has 0 saturated heterocycles. The van der Waals surface area contributed by atoms with Gasteiger partial charge in [-0.25, -0.2) is 9.79 Å². The summed E-state index contributed by atoms with van der Waals surface area (Å²) < 4.78 is 5.14. The Kier molecular flexibility index (Phi) is 3.19. The second-order valence-electron chi connectivity index (χ2n) is 3.87. The van der Waals surface area contributed by atoms with Crippen LogP contribution in [0.1, 0.15) is 10.4 Å². The average Bonchev–Trinajstić information content (AvgIpc) is 3.00. The summed E-state index contributed by atoms with van der Waals surface area (Å²) >= 11 is 7.37.